The molecule has 0 saturated heterocycles. The molecule has 19 heavy (non-hydrogen) atoms. The second-order valence-corrected chi connectivity index (χ2v) is 5.95. The highest BCUT2D eigenvalue weighted by atomic mass is 32.1. The number of hydrogen-bond donors (Lipinski definition) is 1. The van der Waals surface area contributed by atoms with Crippen LogP contribution in [0.5, 0.6) is 0 Å². The first-order chi connectivity index (χ1) is 9.18. The molecule has 0 unspecified atom stereocenters. The summed E-state index contributed by atoms with van der Waals surface area (Å²) in [5, 5.41) is 1.20. The van der Waals surface area contributed by atoms with Crippen LogP contribution < -0.4 is 9.47 Å². The zero-order valence-electron chi connectivity index (χ0n) is 10.9. The van der Waals surface area contributed by atoms with Gasteiger partial charge in [0.1, 0.15) is 11.2 Å². The summed E-state index contributed by atoms with van der Waals surface area (Å²) < 4.78 is 3.52. The van der Waals surface area contributed by atoms with Gasteiger partial charge in [0, 0.05) is 0 Å². The van der Waals surface area contributed by atoms with Gasteiger partial charge in [-0.3, -0.25) is 0 Å². The van der Waals surface area contributed by atoms with Gasteiger partial charge in [0.25, 0.3) is 0 Å². The molecule has 0 aliphatic carbocycles. The largest absolute Gasteiger partial charge is 0.341 e. The van der Waals surface area contributed by atoms with Crippen molar-refractivity contribution in [3.05, 3.63) is 48.5 Å². The fourth-order valence-electron chi connectivity index (χ4n) is 2.23. The monoisotopic (exact) mass is 287 g/mol. The summed E-state index contributed by atoms with van der Waals surface area (Å²) in [5.74, 6) is 0. The number of aryl methyl sites for hydroxylation is 1. The minimum absolute atomic E-state index is 0.988. The van der Waals surface area contributed by atoms with Crippen LogP contribution in [0.4, 0.5) is 10.8 Å². The van der Waals surface area contributed by atoms with E-state index >= 15 is 0 Å². The number of hydrogen-bond acceptors (Lipinski definition) is 3. The molecule has 4 heteroatoms. The van der Waals surface area contributed by atoms with E-state index in [-0.39, 0.29) is 0 Å². The lowest BCUT2D eigenvalue weighted by molar-refractivity contribution is -0.627. The number of para-hydroxylation sites is 2. The van der Waals surface area contributed by atoms with Crippen LogP contribution in [-0.2, 0) is 7.05 Å². The molecule has 0 radical (unpaired) electrons. The minimum Gasteiger partial charge on any atom is -0.220 e. The Labute approximate surface area is 122 Å². The fourth-order valence-corrected chi connectivity index (χ4v) is 3.67. The molecule has 0 spiro atoms. The van der Waals surface area contributed by atoms with E-state index < -0.39 is 0 Å². The van der Waals surface area contributed by atoms with Crippen molar-refractivity contribution in [2.45, 2.75) is 4.90 Å². The van der Waals surface area contributed by atoms with Crippen LogP contribution in [0.15, 0.2) is 53.4 Å². The normalized spacial score (nSPS) is 10.9. The highest BCUT2D eigenvalue weighted by Gasteiger charge is 2.22. The Morgan fingerprint density at radius 2 is 1.74 bits per heavy atom. The molecular weight excluding hydrogens is 272 g/mol. The molecule has 2 aromatic carbocycles. The van der Waals surface area contributed by atoms with E-state index in [0.717, 1.165) is 10.6 Å². The predicted molar refractivity (Wildman–Crippen MR) is 84.8 cm³/mol. The van der Waals surface area contributed by atoms with Gasteiger partial charge in [-0.1, -0.05) is 24.3 Å². The molecule has 2 nitrogen and oxygen atoms in total. The van der Waals surface area contributed by atoms with E-state index in [2.05, 4.69) is 66.5 Å². The van der Waals surface area contributed by atoms with Crippen LogP contribution in [0, 0.1) is 0 Å². The summed E-state index contributed by atoms with van der Waals surface area (Å²) in [7, 11) is 4.19. The summed E-state index contributed by atoms with van der Waals surface area (Å²) >= 11 is 6.33. The van der Waals surface area contributed by atoms with Gasteiger partial charge >= 0.3 is 5.13 Å². The zero-order chi connectivity index (χ0) is 13.4. The van der Waals surface area contributed by atoms with Crippen LogP contribution in [-0.4, -0.2) is 7.05 Å². The van der Waals surface area contributed by atoms with Gasteiger partial charge in [0.05, 0.1) is 23.7 Å². The minimum atomic E-state index is 0.988. The first-order valence-corrected chi connectivity index (χ1v) is 7.34. The Balaban J connectivity index is 2.14. The molecule has 0 amide bonds. The molecule has 1 aromatic heterocycles. The highest BCUT2D eigenvalue weighted by Crippen LogP contribution is 2.33. The second kappa shape index (κ2) is 4.87. The standard InChI is InChI=1S/C15H14N2S2/c1-16(11-7-3-5-9-13(11)18)15-17(2)12-8-4-6-10-14(12)19-15/h3-10H,1-2H3/p+1. The molecule has 0 saturated carbocycles. The van der Waals surface area contributed by atoms with Gasteiger partial charge in [0.2, 0.25) is 0 Å². The van der Waals surface area contributed by atoms with Crippen LogP contribution in [0.25, 0.3) is 10.2 Å². The molecule has 3 rings (SSSR count). The number of fused-ring (bicyclic) bond motifs is 1. The van der Waals surface area contributed by atoms with Crippen molar-refractivity contribution in [3.8, 4) is 0 Å². The second-order valence-electron chi connectivity index (χ2n) is 4.46. The van der Waals surface area contributed by atoms with E-state index in [1.807, 2.05) is 18.2 Å². The maximum atomic E-state index is 4.54. The van der Waals surface area contributed by atoms with Crippen molar-refractivity contribution in [1.29, 1.82) is 0 Å². The molecule has 0 bridgehead atoms. The number of rotatable bonds is 2. The van der Waals surface area contributed by atoms with E-state index in [4.69, 9.17) is 0 Å². The van der Waals surface area contributed by atoms with Crippen LogP contribution in [0.3, 0.4) is 0 Å². The fraction of sp³-hybridized carbons (Fsp3) is 0.133. The average molecular weight is 287 g/mol. The molecule has 1 heterocycles. The average Bonchev–Trinajstić information content (AvgIpc) is 2.77. The van der Waals surface area contributed by atoms with Crippen molar-refractivity contribution in [1.82, 2.24) is 0 Å². The Morgan fingerprint density at radius 3 is 2.47 bits per heavy atom. The smallest absolute Gasteiger partial charge is 0.220 e. The summed E-state index contributed by atoms with van der Waals surface area (Å²) in [6.07, 6.45) is 0. The van der Waals surface area contributed by atoms with E-state index in [0.29, 0.717) is 0 Å². The first kappa shape index (κ1) is 12.5. The Hall–Kier alpha value is -1.52. The zero-order valence-corrected chi connectivity index (χ0v) is 12.6. The number of thiol groups is 1. The van der Waals surface area contributed by atoms with Crippen molar-refractivity contribution < 1.29 is 4.57 Å². The maximum Gasteiger partial charge on any atom is 0.341 e. The third-order valence-corrected chi connectivity index (χ3v) is 4.92. The third-order valence-electron chi connectivity index (χ3n) is 3.24. The number of nitrogens with zero attached hydrogens (tertiary/aromatic N) is 2. The van der Waals surface area contributed by atoms with E-state index in [1.165, 1.54) is 15.3 Å². The lowest BCUT2D eigenvalue weighted by Crippen LogP contribution is -2.33. The maximum absolute atomic E-state index is 4.54. The Morgan fingerprint density at radius 1 is 1.05 bits per heavy atom. The van der Waals surface area contributed by atoms with E-state index in [9.17, 15) is 0 Å². The van der Waals surface area contributed by atoms with Gasteiger partial charge in [0.15, 0.2) is 0 Å². The number of thiazole rings is 1. The van der Waals surface area contributed by atoms with Gasteiger partial charge in [-0.25, -0.2) is 9.47 Å². The van der Waals surface area contributed by atoms with Crippen LogP contribution in [0.2, 0.25) is 0 Å². The Bertz CT molecular complexity index is 734. The predicted octanol–water partition coefficient (Wildman–Crippen LogP) is 3.78. The summed E-state index contributed by atoms with van der Waals surface area (Å²) in [4.78, 5) is 3.18. The third kappa shape index (κ3) is 2.11. The van der Waals surface area contributed by atoms with Crippen molar-refractivity contribution in [3.63, 3.8) is 0 Å². The molecule has 96 valence electrons. The van der Waals surface area contributed by atoms with Crippen LogP contribution >= 0.6 is 24.0 Å². The number of aromatic nitrogens is 1. The lowest BCUT2D eigenvalue weighted by Gasteiger charge is -2.11. The van der Waals surface area contributed by atoms with Gasteiger partial charge in [-0.15, -0.1) is 12.6 Å². The summed E-state index contributed by atoms with van der Waals surface area (Å²) in [6.45, 7) is 0. The molecule has 0 N–H and O–H groups in total. The SMILES string of the molecule is CN(c1ccccc1S)c1sc2ccccc2[n+]1C. The lowest BCUT2D eigenvalue weighted by atomic mass is 10.3. The number of benzene rings is 2. The summed E-state index contributed by atoms with van der Waals surface area (Å²) in [5.41, 5.74) is 2.37. The van der Waals surface area contributed by atoms with Crippen molar-refractivity contribution in [2.24, 2.45) is 7.05 Å². The molecule has 0 atom stereocenters. The van der Waals surface area contributed by atoms with Crippen molar-refractivity contribution in [2.75, 3.05) is 11.9 Å². The van der Waals surface area contributed by atoms with Gasteiger partial charge < -0.3 is 0 Å². The number of anilines is 2. The van der Waals surface area contributed by atoms with Crippen molar-refractivity contribution >= 4 is 45.0 Å². The molecule has 3 aromatic rings. The molecule has 0 aliphatic heterocycles. The van der Waals surface area contributed by atoms with E-state index in [1.54, 1.807) is 11.3 Å². The van der Waals surface area contributed by atoms with Crippen LogP contribution in [0.1, 0.15) is 0 Å². The quantitative estimate of drug-likeness (QED) is 0.556. The highest BCUT2D eigenvalue weighted by molar-refractivity contribution is 7.80. The Kier molecular flexibility index (Phi) is 3.21. The molecule has 0 aliphatic rings. The van der Waals surface area contributed by atoms with Gasteiger partial charge in [-0.05, 0) is 35.6 Å². The molecular formula is C15H15N2S2+. The topological polar surface area (TPSA) is 7.12 Å². The molecule has 0 fully saturated rings. The van der Waals surface area contributed by atoms with Gasteiger partial charge in [-0.2, -0.15) is 0 Å². The first-order valence-electron chi connectivity index (χ1n) is 6.08. The summed E-state index contributed by atoms with van der Waals surface area (Å²) in [6, 6.07) is 16.6.